The highest BCUT2D eigenvalue weighted by Gasteiger charge is 2.27. The molecule has 0 aliphatic heterocycles. The van der Waals surface area contributed by atoms with Crippen molar-refractivity contribution in [2.45, 2.75) is 25.7 Å². The van der Waals surface area contributed by atoms with Crippen molar-refractivity contribution >= 4 is 5.82 Å². The lowest BCUT2D eigenvalue weighted by Crippen LogP contribution is -2.01. The molecule has 0 amide bonds. The van der Waals surface area contributed by atoms with Gasteiger partial charge in [0.05, 0.1) is 7.11 Å². The third kappa shape index (κ3) is 2.66. The Bertz CT molecular complexity index is 639. The molecule has 2 aromatic rings. The molecule has 1 aromatic heterocycles. The molecule has 5 nitrogen and oxygen atoms in total. The molecule has 20 heavy (non-hydrogen) atoms. The van der Waals surface area contributed by atoms with Crippen molar-refractivity contribution < 1.29 is 9.47 Å². The van der Waals surface area contributed by atoms with Gasteiger partial charge in [0.2, 0.25) is 5.88 Å². The number of aromatic nitrogens is 2. The van der Waals surface area contributed by atoms with Crippen molar-refractivity contribution in [1.29, 1.82) is 0 Å². The number of rotatable bonds is 4. The number of methoxy groups -OCH3 is 1. The van der Waals surface area contributed by atoms with E-state index in [-0.39, 0.29) is 0 Å². The van der Waals surface area contributed by atoms with Crippen LogP contribution in [0.25, 0.3) is 0 Å². The molecule has 0 atom stereocenters. The molecule has 1 aliphatic rings. The number of nitrogens with zero attached hydrogens (tertiary/aromatic N) is 2. The summed E-state index contributed by atoms with van der Waals surface area (Å²) in [6.07, 6.45) is 2.24. The van der Waals surface area contributed by atoms with Crippen molar-refractivity contribution in [1.82, 2.24) is 9.97 Å². The Morgan fingerprint density at radius 3 is 2.65 bits per heavy atom. The van der Waals surface area contributed by atoms with Gasteiger partial charge in [-0.2, -0.15) is 4.98 Å². The largest absolute Gasteiger partial charge is 0.493 e. The minimum Gasteiger partial charge on any atom is -0.493 e. The van der Waals surface area contributed by atoms with Crippen molar-refractivity contribution in [2.24, 2.45) is 0 Å². The number of hydrogen-bond acceptors (Lipinski definition) is 5. The molecule has 0 spiro atoms. The monoisotopic (exact) mass is 271 g/mol. The minimum atomic E-state index is 0.431. The van der Waals surface area contributed by atoms with E-state index in [9.17, 15) is 0 Å². The summed E-state index contributed by atoms with van der Waals surface area (Å²) in [7, 11) is 1.62. The summed E-state index contributed by atoms with van der Waals surface area (Å²) in [4.78, 5) is 8.67. The van der Waals surface area contributed by atoms with E-state index in [1.165, 1.54) is 0 Å². The molecule has 3 rings (SSSR count). The van der Waals surface area contributed by atoms with E-state index >= 15 is 0 Å². The van der Waals surface area contributed by atoms with E-state index in [1.54, 1.807) is 13.2 Å². The summed E-state index contributed by atoms with van der Waals surface area (Å²) in [5, 5.41) is 0. The van der Waals surface area contributed by atoms with Crippen LogP contribution in [0.3, 0.4) is 0 Å². The second kappa shape index (κ2) is 5.00. The zero-order valence-corrected chi connectivity index (χ0v) is 11.6. The number of aryl methyl sites for hydroxylation is 1. The Hall–Kier alpha value is -2.30. The topological polar surface area (TPSA) is 70.3 Å². The van der Waals surface area contributed by atoms with Crippen molar-refractivity contribution in [3.8, 4) is 17.4 Å². The molecule has 1 aliphatic carbocycles. The van der Waals surface area contributed by atoms with E-state index in [0.29, 0.717) is 29.1 Å². The van der Waals surface area contributed by atoms with Gasteiger partial charge in [0.25, 0.3) is 0 Å². The summed E-state index contributed by atoms with van der Waals surface area (Å²) in [6.45, 7) is 2.00. The number of nitrogens with two attached hydrogens (primary N) is 1. The SMILES string of the molecule is COc1cc(C)ccc1Oc1cc(N)nc(C2CC2)n1. The van der Waals surface area contributed by atoms with Gasteiger partial charge in [-0.25, -0.2) is 4.98 Å². The molecule has 1 fully saturated rings. The first-order valence-electron chi connectivity index (χ1n) is 6.62. The summed E-state index contributed by atoms with van der Waals surface area (Å²) in [5.41, 5.74) is 6.92. The first-order chi connectivity index (χ1) is 9.65. The molecule has 0 unspecified atom stereocenters. The van der Waals surface area contributed by atoms with Gasteiger partial charge in [-0.05, 0) is 37.5 Å². The van der Waals surface area contributed by atoms with Gasteiger partial charge < -0.3 is 15.2 Å². The van der Waals surface area contributed by atoms with Crippen LogP contribution in [0, 0.1) is 6.92 Å². The van der Waals surface area contributed by atoms with Gasteiger partial charge in [-0.3, -0.25) is 0 Å². The second-order valence-electron chi connectivity index (χ2n) is 5.02. The molecule has 0 radical (unpaired) electrons. The van der Waals surface area contributed by atoms with Crippen molar-refractivity contribution in [2.75, 3.05) is 12.8 Å². The van der Waals surface area contributed by atoms with E-state index in [4.69, 9.17) is 15.2 Å². The molecule has 5 heteroatoms. The first-order valence-corrected chi connectivity index (χ1v) is 6.62. The molecule has 1 saturated carbocycles. The smallest absolute Gasteiger partial charge is 0.224 e. The lowest BCUT2D eigenvalue weighted by atomic mass is 10.2. The molecule has 0 saturated heterocycles. The van der Waals surface area contributed by atoms with Crippen LogP contribution < -0.4 is 15.2 Å². The number of hydrogen-bond donors (Lipinski definition) is 1. The highest BCUT2D eigenvalue weighted by atomic mass is 16.5. The number of nitrogen functional groups attached to an aromatic ring is 1. The van der Waals surface area contributed by atoms with Gasteiger partial charge in [-0.15, -0.1) is 0 Å². The zero-order chi connectivity index (χ0) is 14.1. The van der Waals surface area contributed by atoms with E-state index < -0.39 is 0 Å². The summed E-state index contributed by atoms with van der Waals surface area (Å²) in [5.74, 6) is 3.39. The highest BCUT2D eigenvalue weighted by Crippen LogP contribution is 2.39. The number of anilines is 1. The van der Waals surface area contributed by atoms with E-state index in [1.807, 2.05) is 25.1 Å². The van der Waals surface area contributed by atoms with Crippen LogP contribution in [-0.4, -0.2) is 17.1 Å². The van der Waals surface area contributed by atoms with Crippen LogP contribution >= 0.6 is 0 Å². The van der Waals surface area contributed by atoms with Gasteiger partial charge in [0, 0.05) is 12.0 Å². The van der Waals surface area contributed by atoms with Gasteiger partial charge in [0.15, 0.2) is 11.5 Å². The van der Waals surface area contributed by atoms with Crippen LogP contribution in [0.2, 0.25) is 0 Å². The fourth-order valence-corrected chi connectivity index (χ4v) is 2.01. The maximum absolute atomic E-state index is 5.81. The predicted molar refractivity (Wildman–Crippen MR) is 76.2 cm³/mol. The average Bonchev–Trinajstić information content (AvgIpc) is 3.24. The molecular weight excluding hydrogens is 254 g/mol. The average molecular weight is 271 g/mol. The number of ether oxygens (including phenoxy) is 2. The molecule has 1 heterocycles. The van der Waals surface area contributed by atoms with Crippen molar-refractivity contribution in [3.63, 3.8) is 0 Å². The minimum absolute atomic E-state index is 0.431. The molecular formula is C15H17N3O2. The van der Waals surface area contributed by atoms with Gasteiger partial charge in [0.1, 0.15) is 11.6 Å². The molecule has 0 bridgehead atoms. The quantitative estimate of drug-likeness (QED) is 0.925. The fraction of sp³-hybridized carbons (Fsp3) is 0.333. The Morgan fingerprint density at radius 1 is 1.15 bits per heavy atom. The lowest BCUT2D eigenvalue weighted by Gasteiger charge is -2.11. The van der Waals surface area contributed by atoms with Crippen LogP contribution in [0.1, 0.15) is 30.1 Å². The van der Waals surface area contributed by atoms with Crippen LogP contribution in [0.4, 0.5) is 5.82 Å². The summed E-state index contributed by atoms with van der Waals surface area (Å²) in [6, 6.07) is 7.38. The van der Waals surface area contributed by atoms with Crippen LogP contribution in [-0.2, 0) is 0 Å². The van der Waals surface area contributed by atoms with Crippen LogP contribution in [0.15, 0.2) is 24.3 Å². The molecule has 104 valence electrons. The predicted octanol–water partition coefficient (Wildman–Crippen LogP) is 3.05. The van der Waals surface area contributed by atoms with Crippen LogP contribution in [0.5, 0.6) is 17.4 Å². The lowest BCUT2D eigenvalue weighted by molar-refractivity contribution is 0.373. The second-order valence-corrected chi connectivity index (χ2v) is 5.02. The van der Waals surface area contributed by atoms with Crippen molar-refractivity contribution in [3.05, 3.63) is 35.7 Å². The van der Waals surface area contributed by atoms with Gasteiger partial charge in [-0.1, -0.05) is 6.07 Å². The van der Waals surface area contributed by atoms with E-state index in [2.05, 4.69) is 9.97 Å². The zero-order valence-electron chi connectivity index (χ0n) is 11.6. The van der Waals surface area contributed by atoms with Gasteiger partial charge >= 0.3 is 0 Å². The third-order valence-corrected chi connectivity index (χ3v) is 3.22. The fourth-order valence-electron chi connectivity index (χ4n) is 2.01. The Morgan fingerprint density at radius 2 is 1.95 bits per heavy atom. The standard InChI is InChI=1S/C15H17N3O2/c1-9-3-6-11(12(7-9)19-2)20-14-8-13(16)17-15(18-14)10-4-5-10/h3,6-8,10H,4-5H2,1-2H3,(H2,16,17,18). The summed E-state index contributed by atoms with van der Waals surface area (Å²) >= 11 is 0. The van der Waals surface area contributed by atoms with E-state index in [0.717, 1.165) is 24.2 Å². The summed E-state index contributed by atoms with van der Waals surface area (Å²) < 4.78 is 11.1. The highest BCUT2D eigenvalue weighted by molar-refractivity contribution is 5.45. The molecule has 1 aromatic carbocycles. The molecule has 2 N–H and O–H groups in total. The Balaban J connectivity index is 1.90. The number of benzene rings is 1. The maximum Gasteiger partial charge on any atom is 0.224 e. The first kappa shape index (κ1) is 12.7. The maximum atomic E-state index is 5.81. The Kier molecular flexibility index (Phi) is 3.18. The normalized spacial score (nSPS) is 14.1. The third-order valence-electron chi connectivity index (χ3n) is 3.22. The Labute approximate surface area is 117 Å².